The van der Waals surface area contributed by atoms with Crippen LogP contribution in [0.5, 0.6) is 5.75 Å². The Balaban J connectivity index is 1.19. The number of likely N-dealkylation sites (N-methyl/N-ethyl adjacent to an activating group) is 1. The number of aromatic carboxylic acids is 1. The number of halogens is 1. The van der Waals surface area contributed by atoms with Crippen LogP contribution in [0.15, 0.2) is 51.6 Å². The van der Waals surface area contributed by atoms with Crippen molar-refractivity contribution < 1.29 is 23.8 Å². The summed E-state index contributed by atoms with van der Waals surface area (Å²) in [5, 5.41) is 20.2. The van der Waals surface area contributed by atoms with Crippen molar-refractivity contribution in [3.8, 4) is 17.1 Å². The number of benzene rings is 2. The van der Waals surface area contributed by atoms with Crippen LogP contribution in [0.2, 0.25) is 0 Å². The molecular formula is C29H29FN8O5S. The normalized spacial score (nSPS) is 16.8. The van der Waals surface area contributed by atoms with Gasteiger partial charge in [-0.3, -0.25) is 14.7 Å². The molecule has 4 aromatic rings. The van der Waals surface area contributed by atoms with Gasteiger partial charge in [-0.2, -0.15) is 5.10 Å². The average molecular weight is 621 g/mol. The van der Waals surface area contributed by atoms with Crippen molar-refractivity contribution in [1.29, 1.82) is 0 Å². The zero-order valence-electron chi connectivity index (χ0n) is 23.9. The van der Waals surface area contributed by atoms with Crippen LogP contribution >= 0.6 is 11.8 Å². The zero-order valence-corrected chi connectivity index (χ0v) is 24.7. The van der Waals surface area contributed by atoms with Gasteiger partial charge in [0.1, 0.15) is 12.3 Å². The summed E-state index contributed by atoms with van der Waals surface area (Å²) >= 11 is 1.05. The van der Waals surface area contributed by atoms with Crippen molar-refractivity contribution in [3.05, 3.63) is 63.7 Å². The number of nitrogens with one attached hydrogen (secondary N) is 2. The first-order valence-electron chi connectivity index (χ1n) is 13.9. The summed E-state index contributed by atoms with van der Waals surface area (Å²) in [6.45, 7) is 5.17. The number of hydrogen-bond acceptors (Lipinski definition) is 10. The number of piperazine rings is 1. The summed E-state index contributed by atoms with van der Waals surface area (Å²) in [7, 11) is 2.03. The Morgan fingerprint density at radius 1 is 1.25 bits per heavy atom. The van der Waals surface area contributed by atoms with Crippen molar-refractivity contribution in [1.82, 2.24) is 30.1 Å². The molecule has 15 heteroatoms. The predicted molar refractivity (Wildman–Crippen MR) is 163 cm³/mol. The van der Waals surface area contributed by atoms with Crippen molar-refractivity contribution in [2.45, 2.75) is 18.1 Å². The second kappa shape index (κ2) is 12.1. The number of aromatic nitrogens is 4. The molecule has 1 unspecified atom stereocenters. The molecule has 3 N–H and O–H groups in total. The van der Waals surface area contributed by atoms with Gasteiger partial charge in [0, 0.05) is 32.4 Å². The number of rotatable bonds is 8. The maximum absolute atomic E-state index is 15.6. The highest BCUT2D eigenvalue weighted by Crippen LogP contribution is 2.42. The van der Waals surface area contributed by atoms with Gasteiger partial charge < -0.3 is 24.2 Å². The van der Waals surface area contributed by atoms with E-state index >= 15 is 4.39 Å². The fourth-order valence-corrected chi connectivity index (χ4v) is 5.78. The number of hydrogen-bond donors (Lipinski definition) is 3. The molecule has 2 aromatic heterocycles. The third kappa shape index (κ3) is 5.75. The van der Waals surface area contributed by atoms with Crippen molar-refractivity contribution in [2.24, 2.45) is 5.10 Å². The fourth-order valence-electron chi connectivity index (χ4n) is 5.19. The number of carboxylic acids is 1. The SMILES string of the molecule is CC1COc2c(N3CCN(C)CC3)c(F)cc3c(=O)c(-c4nc(SCC(=O)N/N=C/c5ccc(C(=O)O)cc5)n[nH]4)cn1c23. The Bertz CT molecular complexity index is 1830. The lowest BCUT2D eigenvalue weighted by Crippen LogP contribution is -2.45. The molecule has 0 radical (unpaired) electrons. The van der Waals surface area contributed by atoms with Crippen LogP contribution in [0.25, 0.3) is 22.3 Å². The maximum Gasteiger partial charge on any atom is 0.335 e. The van der Waals surface area contributed by atoms with Gasteiger partial charge in [0.15, 0.2) is 17.4 Å². The number of thioether (sulfide) groups is 1. The monoisotopic (exact) mass is 620 g/mol. The number of amides is 1. The zero-order chi connectivity index (χ0) is 31.0. The van der Waals surface area contributed by atoms with E-state index in [9.17, 15) is 14.4 Å². The molecule has 0 spiro atoms. The number of carbonyl (C=O) groups is 2. The summed E-state index contributed by atoms with van der Waals surface area (Å²) < 4.78 is 23.6. The first-order chi connectivity index (χ1) is 21.2. The highest BCUT2D eigenvalue weighted by molar-refractivity contribution is 7.99. The van der Waals surface area contributed by atoms with E-state index in [2.05, 4.69) is 30.6 Å². The number of hydrazone groups is 1. The first kappa shape index (κ1) is 29.3. The smallest absolute Gasteiger partial charge is 0.335 e. The quantitative estimate of drug-likeness (QED) is 0.152. The molecule has 2 aliphatic rings. The third-order valence-corrected chi connectivity index (χ3v) is 8.42. The Morgan fingerprint density at radius 3 is 2.73 bits per heavy atom. The molecule has 6 rings (SSSR count). The van der Waals surface area contributed by atoms with E-state index in [0.717, 1.165) is 24.9 Å². The van der Waals surface area contributed by atoms with Gasteiger partial charge in [-0.15, -0.1) is 5.10 Å². The summed E-state index contributed by atoms with van der Waals surface area (Å²) in [4.78, 5) is 45.5. The van der Waals surface area contributed by atoms with Crippen LogP contribution in [0.3, 0.4) is 0 Å². The fraction of sp³-hybridized carbons (Fsp3) is 0.310. The van der Waals surface area contributed by atoms with E-state index < -0.39 is 23.1 Å². The minimum absolute atomic E-state index is 0.0491. The molecule has 0 aliphatic carbocycles. The molecule has 2 aromatic carbocycles. The van der Waals surface area contributed by atoms with Crippen LogP contribution in [0, 0.1) is 5.82 Å². The van der Waals surface area contributed by atoms with Crippen LogP contribution in [-0.2, 0) is 4.79 Å². The average Bonchev–Trinajstić information content (AvgIpc) is 3.48. The highest BCUT2D eigenvalue weighted by atomic mass is 32.2. The third-order valence-electron chi connectivity index (χ3n) is 7.57. The number of carboxylic acid groups (broad SMARTS) is 1. The Hall–Kier alpha value is -4.76. The lowest BCUT2D eigenvalue weighted by Gasteiger charge is -2.37. The number of anilines is 1. The maximum atomic E-state index is 15.6. The van der Waals surface area contributed by atoms with Crippen LogP contribution < -0.4 is 20.5 Å². The van der Waals surface area contributed by atoms with Gasteiger partial charge in [-0.1, -0.05) is 23.9 Å². The van der Waals surface area contributed by atoms with Crippen LogP contribution in [-0.4, -0.2) is 93.4 Å². The van der Waals surface area contributed by atoms with Crippen LogP contribution in [0.1, 0.15) is 28.9 Å². The highest BCUT2D eigenvalue weighted by Gasteiger charge is 2.30. The number of pyridine rings is 1. The summed E-state index contributed by atoms with van der Waals surface area (Å²) in [6.07, 6.45) is 3.10. The molecule has 2 aliphatic heterocycles. The molecule has 1 atom stereocenters. The Morgan fingerprint density at radius 2 is 2.00 bits per heavy atom. The summed E-state index contributed by atoms with van der Waals surface area (Å²) in [5.74, 6) is -1.42. The molecular weight excluding hydrogens is 591 g/mol. The lowest BCUT2D eigenvalue weighted by molar-refractivity contribution is -0.118. The van der Waals surface area contributed by atoms with Gasteiger partial charge in [0.05, 0.1) is 40.0 Å². The topological polar surface area (TPSA) is 158 Å². The second-order valence-electron chi connectivity index (χ2n) is 10.6. The van der Waals surface area contributed by atoms with E-state index in [0.29, 0.717) is 42.2 Å². The number of nitrogens with zero attached hydrogens (tertiary/aromatic N) is 6. The summed E-state index contributed by atoms with van der Waals surface area (Å²) in [5.41, 5.74) is 3.92. The molecule has 0 bridgehead atoms. The number of carbonyl (C=O) groups excluding carboxylic acids is 1. The van der Waals surface area contributed by atoms with Crippen molar-refractivity contribution >= 4 is 46.4 Å². The minimum Gasteiger partial charge on any atom is -0.487 e. The number of aromatic amines is 1. The number of ether oxygens (including phenoxy) is 1. The molecule has 13 nitrogen and oxygen atoms in total. The Kier molecular flexibility index (Phi) is 8.05. The largest absolute Gasteiger partial charge is 0.487 e. The van der Waals surface area contributed by atoms with Gasteiger partial charge in [-0.05, 0) is 37.7 Å². The van der Waals surface area contributed by atoms with E-state index in [1.807, 2.05) is 23.4 Å². The van der Waals surface area contributed by atoms with E-state index in [1.165, 1.54) is 24.4 Å². The Labute approximate surface area is 254 Å². The molecule has 4 heterocycles. The van der Waals surface area contributed by atoms with Gasteiger partial charge >= 0.3 is 5.97 Å². The minimum atomic E-state index is -1.03. The van der Waals surface area contributed by atoms with E-state index in [-0.39, 0.29) is 39.3 Å². The van der Waals surface area contributed by atoms with Gasteiger partial charge in [0.2, 0.25) is 10.6 Å². The van der Waals surface area contributed by atoms with Crippen molar-refractivity contribution in [2.75, 3.05) is 50.5 Å². The molecule has 228 valence electrons. The predicted octanol–water partition coefficient (Wildman–Crippen LogP) is 2.57. The first-order valence-corrected chi connectivity index (χ1v) is 14.9. The van der Waals surface area contributed by atoms with E-state index in [4.69, 9.17) is 9.84 Å². The van der Waals surface area contributed by atoms with Gasteiger partial charge in [0.25, 0.3) is 5.91 Å². The lowest BCUT2D eigenvalue weighted by atomic mass is 10.0. The molecule has 1 amide bonds. The van der Waals surface area contributed by atoms with E-state index in [1.54, 1.807) is 18.3 Å². The summed E-state index contributed by atoms with van der Waals surface area (Å²) in [6, 6.07) is 7.19. The van der Waals surface area contributed by atoms with Crippen LogP contribution in [0.4, 0.5) is 10.1 Å². The molecule has 44 heavy (non-hydrogen) atoms. The second-order valence-corrected chi connectivity index (χ2v) is 11.6. The van der Waals surface area contributed by atoms with Crippen molar-refractivity contribution in [3.63, 3.8) is 0 Å². The van der Waals surface area contributed by atoms with Gasteiger partial charge in [-0.25, -0.2) is 19.6 Å². The standard InChI is InChI=1S/C29H29FN8O5S/c1-16-14-43-26-23-19(11-21(30)24(26)37-9-7-36(2)8-10-37)25(40)20(13-38(16)23)27-32-29(35-34-27)44-15-22(39)33-31-12-17-3-5-18(6-4-17)28(41)42/h3-6,11-13,16H,7-10,14-15H2,1-2H3,(H,33,39)(H,41,42)(H,32,34,35)/b31-12+. The molecule has 1 saturated heterocycles. The molecule has 0 saturated carbocycles. The molecule has 1 fully saturated rings. The number of H-pyrrole nitrogens is 1.